The maximum atomic E-state index is 11.9. The SMILES string of the molecule is Cc1cc(NC(=O)CNC(C)c2ccc(-n3ccnc3C)cc2)no1. The Hall–Kier alpha value is -2.93. The Morgan fingerprint density at radius 3 is 2.64 bits per heavy atom. The van der Waals surface area contributed by atoms with Crippen molar-refractivity contribution in [1.82, 2.24) is 20.0 Å². The molecule has 7 nitrogen and oxygen atoms in total. The lowest BCUT2D eigenvalue weighted by molar-refractivity contribution is -0.115. The number of hydrogen-bond donors (Lipinski definition) is 2. The molecule has 0 aliphatic rings. The molecule has 0 radical (unpaired) electrons. The van der Waals surface area contributed by atoms with Crippen molar-refractivity contribution in [3.8, 4) is 5.69 Å². The summed E-state index contributed by atoms with van der Waals surface area (Å²) in [6, 6.07) is 9.90. The molecule has 0 saturated carbocycles. The van der Waals surface area contributed by atoms with E-state index in [0.29, 0.717) is 11.6 Å². The van der Waals surface area contributed by atoms with Crippen LogP contribution >= 0.6 is 0 Å². The van der Waals surface area contributed by atoms with Crippen molar-refractivity contribution < 1.29 is 9.32 Å². The number of nitrogens with zero attached hydrogens (tertiary/aromatic N) is 3. The number of hydrogen-bond acceptors (Lipinski definition) is 5. The van der Waals surface area contributed by atoms with E-state index in [9.17, 15) is 4.79 Å². The average Bonchev–Trinajstić information content (AvgIpc) is 3.21. The van der Waals surface area contributed by atoms with Gasteiger partial charge in [0.1, 0.15) is 11.6 Å². The largest absolute Gasteiger partial charge is 0.360 e. The fourth-order valence-electron chi connectivity index (χ4n) is 2.55. The molecule has 130 valence electrons. The van der Waals surface area contributed by atoms with E-state index in [0.717, 1.165) is 17.1 Å². The topological polar surface area (TPSA) is 85.0 Å². The number of benzene rings is 1. The highest BCUT2D eigenvalue weighted by Crippen LogP contribution is 2.16. The third-order valence-electron chi connectivity index (χ3n) is 3.96. The first-order valence-corrected chi connectivity index (χ1v) is 8.10. The molecule has 25 heavy (non-hydrogen) atoms. The van der Waals surface area contributed by atoms with Gasteiger partial charge in [-0.05, 0) is 38.5 Å². The molecule has 1 unspecified atom stereocenters. The van der Waals surface area contributed by atoms with Gasteiger partial charge in [0.2, 0.25) is 5.91 Å². The molecule has 1 atom stereocenters. The van der Waals surface area contributed by atoms with Gasteiger partial charge < -0.3 is 19.7 Å². The summed E-state index contributed by atoms with van der Waals surface area (Å²) in [6.07, 6.45) is 3.71. The van der Waals surface area contributed by atoms with Gasteiger partial charge in [-0.2, -0.15) is 0 Å². The predicted molar refractivity (Wildman–Crippen MR) is 94.6 cm³/mol. The second-order valence-electron chi connectivity index (χ2n) is 5.91. The van der Waals surface area contributed by atoms with Gasteiger partial charge in [0.25, 0.3) is 0 Å². The lowest BCUT2D eigenvalue weighted by atomic mass is 10.1. The summed E-state index contributed by atoms with van der Waals surface area (Å²) in [7, 11) is 0. The summed E-state index contributed by atoms with van der Waals surface area (Å²) in [4.78, 5) is 16.2. The first kappa shape index (κ1) is 16.9. The van der Waals surface area contributed by atoms with Crippen molar-refractivity contribution in [2.45, 2.75) is 26.8 Å². The molecule has 0 aliphatic carbocycles. The van der Waals surface area contributed by atoms with Crippen molar-refractivity contribution in [2.24, 2.45) is 0 Å². The van der Waals surface area contributed by atoms with Crippen molar-refractivity contribution in [3.05, 3.63) is 59.9 Å². The summed E-state index contributed by atoms with van der Waals surface area (Å²) in [5.41, 5.74) is 2.16. The van der Waals surface area contributed by atoms with Crippen molar-refractivity contribution in [2.75, 3.05) is 11.9 Å². The van der Waals surface area contributed by atoms with E-state index in [4.69, 9.17) is 4.52 Å². The Morgan fingerprint density at radius 1 is 1.28 bits per heavy atom. The zero-order chi connectivity index (χ0) is 17.8. The number of nitrogens with one attached hydrogen (secondary N) is 2. The first-order valence-electron chi connectivity index (χ1n) is 8.10. The highest BCUT2D eigenvalue weighted by atomic mass is 16.5. The van der Waals surface area contributed by atoms with Crippen molar-refractivity contribution in [1.29, 1.82) is 0 Å². The lowest BCUT2D eigenvalue weighted by Crippen LogP contribution is -2.30. The monoisotopic (exact) mass is 339 g/mol. The number of aryl methyl sites for hydroxylation is 2. The summed E-state index contributed by atoms with van der Waals surface area (Å²) in [5.74, 6) is 1.87. The van der Waals surface area contributed by atoms with Crippen LogP contribution in [0.15, 0.2) is 47.2 Å². The maximum Gasteiger partial charge on any atom is 0.239 e. The van der Waals surface area contributed by atoms with Crippen LogP contribution in [0.2, 0.25) is 0 Å². The fraction of sp³-hybridized carbons (Fsp3) is 0.278. The number of carbonyl (C=O) groups is 1. The van der Waals surface area contributed by atoms with Gasteiger partial charge in [-0.15, -0.1) is 0 Å². The molecule has 7 heteroatoms. The van der Waals surface area contributed by atoms with Gasteiger partial charge in [0.15, 0.2) is 5.82 Å². The summed E-state index contributed by atoms with van der Waals surface area (Å²) in [6.45, 7) is 5.95. The molecule has 0 spiro atoms. The minimum absolute atomic E-state index is 0.0442. The Bertz CT molecular complexity index is 850. The van der Waals surface area contributed by atoms with Crippen LogP contribution in [0.4, 0.5) is 5.82 Å². The van der Waals surface area contributed by atoms with Crippen LogP contribution in [0.25, 0.3) is 5.69 Å². The zero-order valence-electron chi connectivity index (χ0n) is 14.5. The minimum atomic E-state index is -0.161. The van der Waals surface area contributed by atoms with Gasteiger partial charge in [0, 0.05) is 30.2 Å². The van der Waals surface area contributed by atoms with Crippen LogP contribution < -0.4 is 10.6 Å². The smallest absolute Gasteiger partial charge is 0.239 e. The van der Waals surface area contributed by atoms with Crippen LogP contribution in [0.1, 0.15) is 30.1 Å². The Labute approximate surface area is 146 Å². The Kier molecular flexibility index (Phi) is 4.95. The van der Waals surface area contributed by atoms with Crippen LogP contribution in [0.5, 0.6) is 0 Å². The molecule has 3 aromatic rings. The van der Waals surface area contributed by atoms with Crippen molar-refractivity contribution in [3.63, 3.8) is 0 Å². The quantitative estimate of drug-likeness (QED) is 0.721. The van der Waals surface area contributed by atoms with Crippen molar-refractivity contribution >= 4 is 11.7 Å². The molecule has 1 amide bonds. The number of carbonyl (C=O) groups excluding carboxylic acids is 1. The minimum Gasteiger partial charge on any atom is -0.360 e. The second-order valence-corrected chi connectivity index (χ2v) is 5.91. The predicted octanol–water partition coefficient (Wildman–Crippen LogP) is 2.77. The molecule has 0 aliphatic heterocycles. The van der Waals surface area contributed by atoms with Gasteiger partial charge >= 0.3 is 0 Å². The number of aromatic nitrogens is 3. The first-order chi connectivity index (χ1) is 12.0. The van der Waals surface area contributed by atoms with Crippen LogP contribution in [0, 0.1) is 13.8 Å². The number of anilines is 1. The average molecular weight is 339 g/mol. The molecule has 2 N–H and O–H groups in total. The van der Waals surface area contributed by atoms with Crippen LogP contribution in [-0.2, 0) is 4.79 Å². The summed E-state index contributed by atoms with van der Waals surface area (Å²) >= 11 is 0. The highest BCUT2D eigenvalue weighted by Gasteiger charge is 2.10. The molecular formula is C18H21N5O2. The molecule has 2 aromatic heterocycles. The standard InChI is InChI=1S/C18H21N5O2/c1-12-10-17(22-25-12)21-18(24)11-20-13(2)15-4-6-16(7-5-15)23-9-8-19-14(23)3/h4-10,13,20H,11H2,1-3H3,(H,21,22,24). The van der Waals surface area contributed by atoms with E-state index in [1.165, 1.54) is 0 Å². The second kappa shape index (κ2) is 7.31. The van der Waals surface area contributed by atoms with E-state index in [2.05, 4.69) is 20.8 Å². The molecular weight excluding hydrogens is 318 g/mol. The normalized spacial score (nSPS) is 12.1. The number of imidazole rings is 1. The molecule has 0 saturated heterocycles. The maximum absolute atomic E-state index is 11.9. The van der Waals surface area contributed by atoms with Crippen LogP contribution in [0.3, 0.4) is 0 Å². The number of rotatable bonds is 6. The highest BCUT2D eigenvalue weighted by molar-refractivity contribution is 5.91. The summed E-state index contributed by atoms with van der Waals surface area (Å²) in [5, 5.41) is 9.63. The summed E-state index contributed by atoms with van der Waals surface area (Å²) < 4.78 is 6.94. The third-order valence-corrected chi connectivity index (χ3v) is 3.96. The molecule has 1 aromatic carbocycles. The van der Waals surface area contributed by atoms with Gasteiger partial charge in [-0.1, -0.05) is 17.3 Å². The Balaban J connectivity index is 1.55. The van der Waals surface area contributed by atoms with E-state index >= 15 is 0 Å². The Morgan fingerprint density at radius 2 is 2.04 bits per heavy atom. The number of amides is 1. The molecule has 0 bridgehead atoms. The fourth-order valence-corrected chi connectivity index (χ4v) is 2.55. The molecule has 2 heterocycles. The zero-order valence-corrected chi connectivity index (χ0v) is 14.5. The van der Waals surface area contributed by atoms with Gasteiger partial charge in [-0.3, -0.25) is 4.79 Å². The van der Waals surface area contributed by atoms with Crippen LogP contribution in [-0.4, -0.2) is 27.2 Å². The molecule has 0 fully saturated rings. The van der Waals surface area contributed by atoms with E-state index in [-0.39, 0.29) is 18.5 Å². The van der Waals surface area contributed by atoms with Gasteiger partial charge in [-0.25, -0.2) is 4.98 Å². The van der Waals surface area contributed by atoms with E-state index in [1.807, 2.05) is 48.9 Å². The van der Waals surface area contributed by atoms with E-state index < -0.39 is 0 Å². The molecule has 3 rings (SSSR count). The third kappa shape index (κ3) is 4.13. The lowest BCUT2D eigenvalue weighted by Gasteiger charge is -2.15. The van der Waals surface area contributed by atoms with Gasteiger partial charge in [0.05, 0.1) is 6.54 Å². The van der Waals surface area contributed by atoms with E-state index in [1.54, 1.807) is 19.2 Å².